The molecule has 1 fully saturated rings. The number of methoxy groups -OCH3 is 1. The third-order valence-electron chi connectivity index (χ3n) is 5.27. The Labute approximate surface area is 148 Å². The van der Waals surface area contributed by atoms with Crippen LogP contribution in [0.5, 0.6) is 5.75 Å². The molecule has 0 radical (unpaired) electrons. The number of hydrogen-bond acceptors (Lipinski definition) is 2. The lowest BCUT2D eigenvalue weighted by molar-refractivity contribution is 0.203. The first-order valence-electron chi connectivity index (χ1n) is 8.59. The fourth-order valence-corrected chi connectivity index (χ4v) is 4.23. The summed E-state index contributed by atoms with van der Waals surface area (Å²) in [6, 6.07) is 18.1. The Bertz CT molecular complexity index is 756. The second-order valence-corrected chi connectivity index (χ2v) is 7.11. The molecule has 3 heteroatoms. The van der Waals surface area contributed by atoms with Crippen LogP contribution >= 0.6 is 11.6 Å². The molecule has 2 aliphatic heterocycles. The Hall–Kier alpha value is -1.77. The van der Waals surface area contributed by atoms with E-state index >= 15 is 0 Å². The van der Waals surface area contributed by atoms with Gasteiger partial charge in [0.05, 0.1) is 12.1 Å². The van der Waals surface area contributed by atoms with Crippen molar-refractivity contribution < 1.29 is 4.74 Å². The van der Waals surface area contributed by atoms with E-state index in [9.17, 15) is 0 Å². The van der Waals surface area contributed by atoms with Gasteiger partial charge in [-0.15, -0.1) is 0 Å². The highest BCUT2D eigenvalue weighted by atomic mass is 35.5. The van der Waals surface area contributed by atoms with Crippen LogP contribution in [0.25, 0.3) is 5.57 Å². The Kier molecular flexibility index (Phi) is 4.34. The summed E-state index contributed by atoms with van der Waals surface area (Å²) in [6.07, 6.45) is 6.09. The fraction of sp³-hybridized carbons (Fsp3) is 0.333. The van der Waals surface area contributed by atoms with Crippen molar-refractivity contribution in [2.45, 2.75) is 37.9 Å². The maximum atomic E-state index is 6.17. The average Bonchev–Trinajstić information content (AvgIpc) is 2.84. The molecule has 2 unspecified atom stereocenters. The van der Waals surface area contributed by atoms with Gasteiger partial charge in [0.2, 0.25) is 0 Å². The standard InChI is InChI=1S/C21H22ClNO/c1-24-21-13-16(7-10-20(21)22)17-11-18-8-9-19(12-17)23(18)14-15-5-3-2-4-6-15/h2-7,10-11,13,18-19H,8-9,12,14H2,1H3. The molecule has 0 amide bonds. The Morgan fingerprint density at radius 3 is 2.71 bits per heavy atom. The molecule has 0 aromatic heterocycles. The first-order valence-corrected chi connectivity index (χ1v) is 8.96. The summed E-state index contributed by atoms with van der Waals surface area (Å²) < 4.78 is 5.38. The minimum absolute atomic E-state index is 0.542. The minimum Gasteiger partial charge on any atom is -0.495 e. The van der Waals surface area contributed by atoms with Gasteiger partial charge in [0, 0.05) is 18.6 Å². The highest BCUT2D eigenvalue weighted by molar-refractivity contribution is 6.32. The monoisotopic (exact) mass is 339 g/mol. The number of rotatable bonds is 4. The number of hydrogen-bond donors (Lipinski definition) is 0. The quantitative estimate of drug-likeness (QED) is 0.762. The van der Waals surface area contributed by atoms with Gasteiger partial charge < -0.3 is 4.74 Å². The van der Waals surface area contributed by atoms with Crippen molar-refractivity contribution in [3.8, 4) is 5.75 Å². The number of halogens is 1. The highest BCUT2D eigenvalue weighted by Crippen LogP contribution is 2.40. The van der Waals surface area contributed by atoms with E-state index in [-0.39, 0.29) is 0 Å². The summed E-state index contributed by atoms with van der Waals surface area (Å²) in [5, 5.41) is 0.673. The van der Waals surface area contributed by atoms with Gasteiger partial charge in [-0.2, -0.15) is 0 Å². The maximum Gasteiger partial charge on any atom is 0.138 e. The van der Waals surface area contributed by atoms with E-state index < -0.39 is 0 Å². The van der Waals surface area contributed by atoms with Gasteiger partial charge in [0.1, 0.15) is 5.75 Å². The van der Waals surface area contributed by atoms with Crippen LogP contribution in [0.15, 0.2) is 54.6 Å². The normalized spacial score (nSPS) is 23.2. The molecule has 0 spiro atoms. The molecule has 0 saturated carbocycles. The van der Waals surface area contributed by atoms with Gasteiger partial charge in [-0.25, -0.2) is 0 Å². The topological polar surface area (TPSA) is 12.5 Å². The van der Waals surface area contributed by atoms with Crippen molar-refractivity contribution in [3.63, 3.8) is 0 Å². The molecule has 124 valence electrons. The van der Waals surface area contributed by atoms with Crippen molar-refractivity contribution in [3.05, 3.63) is 70.8 Å². The molecule has 2 aromatic rings. The van der Waals surface area contributed by atoms with Crippen molar-refractivity contribution in [2.24, 2.45) is 0 Å². The van der Waals surface area contributed by atoms with E-state index in [1.807, 2.05) is 6.07 Å². The number of nitrogens with zero attached hydrogens (tertiary/aromatic N) is 1. The molecule has 4 rings (SSSR count). The van der Waals surface area contributed by atoms with Gasteiger partial charge in [-0.1, -0.05) is 54.1 Å². The first-order chi connectivity index (χ1) is 11.7. The van der Waals surface area contributed by atoms with Crippen LogP contribution in [0.1, 0.15) is 30.4 Å². The van der Waals surface area contributed by atoms with E-state index in [1.165, 1.54) is 29.5 Å². The van der Waals surface area contributed by atoms with E-state index in [0.717, 1.165) is 18.7 Å². The first kappa shape index (κ1) is 15.7. The SMILES string of the molecule is COc1cc(C2=CC3CCC(C2)N3Cc2ccccc2)ccc1Cl. The summed E-state index contributed by atoms with van der Waals surface area (Å²) in [6.45, 7) is 1.05. The van der Waals surface area contributed by atoms with Crippen LogP contribution in [0, 0.1) is 0 Å². The molecule has 2 aromatic carbocycles. The van der Waals surface area contributed by atoms with Crippen LogP contribution < -0.4 is 4.74 Å². The van der Waals surface area contributed by atoms with Gasteiger partial charge in [-0.05, 0) is 48.1 Å². The van der Waals surface area contributed by atoms with Gasteiger partial charge in [-0.3, -0.25) is 4.90 Å². The fourth-order valence-electron chi connectivity index (χ4n) is 4.03. The largest absolute Gasteiger partial charge is 0.495 e. The van der Waals surface area contributed by atoms with Crippen LogP contribution in [0.3, 0.4) is 0 Å². The molecule has 2 atom stereocenters. The van der Waals surface area contributed by atoms with Crippen LogP contribution in [-0.4, -0.2) is 24.1 Å². The number of ether oxygens (including phenoxy) is 1. The summed E-state index contributed by atoms with van der Waals surface area (Å²) in [5.41, 5.74) is 4.08. The van der Waals surface area contributed by atoms with Gasteiger partial charge >= 0.3 is 0 Å². The predicted octanol–water partition coefficient (Wildman–Crippen LogP) is 5.17. The summed E-state index contributed by atoms with van der Waals surface area (Å²) >= 11 is 6.17. The van der Waals surface area contributed by atoms with Crippen LogP contribution in [0.4, 0.5) is 0 Å². The van der Waals surface area contributed by atoms with Crippen molar-refractivity contribution >= 4 is 17.2 Å². The lowest BCUT2D eigenvalue weighted by atomic mass is 9.94. The molecule has 2 heterocycles. The zero-order valence-electron chi connectivity index (χ0n) is 13.9. The zero-order chi connectivity index (χ0) is 16.5. The van der Waals surface area contributed by atoms with E-state index in [2.05, 4.69) is 53.4 Å². The Morgan fingerprint density at radius 2 is 1.96 bits per heavy atom. The smallest absolute Gasteiger partial charge is 0.138 e. The summed E-state index contributed by atoms with van der Waals surface area (Å²) in [7, 11) is 1.67. The molecule has 2 nitrogen and oxygen atoms in total. The molecule has 2 aliphatic rings. The van der Waals surface area contributed by atoms with Crippen molar-refractivity contribution in [2.75, 3.05) is 7.11 Å². The summed E-state index contributed by atoms with van der Waals surface area (Å²) in [5.74, 6) is 0.758. The Balaban J connectivity index is 1.58. The molecule has 2 bridgehead atoms. The second kappa shape index (κ2) is 6.62. The van der Waals surface area contributed by atoms with Crippen LogP contribution in [0.2, 0.25) is 5.02 Å². The van der Waals surface area contributed by atoms with E-state index in [1.54, 1.807) is 7.11 Å². The molecular formula is C21H22ClNO. The molecule has 24 heavy (non-hydrogen) atoms. The lowest BCUT2D eigenvalue weighted by Crippen LogP contribution is -2.37. The maximum absolute atomic E-state index is 6.17. The summed E-state index contributed by atoms with van der Waals surface area (Å²) in [4.78, 5) is 2.66. The molecule has 0 aliphatic carbocycles. The zero-order valence-corrected chi connectivity index (χ0v) is 14.7. The third kappa shape index (κ3) is 2.97. The van der Waals surface area contributed by atoms with Gasteiger partial charge in [0.25, 0.3) is 0 Å². The number of benzene rings is 2. The van der Waals surface area contributed by atoms with Crippen LogP contribution in [-0.2, 0) is 6.54 Å². The number of fused-ring (bicyclic) bond motifs is 2. The molecule has 0 N–H and O–H groups in total. The molecule has 1 saturated heterocycles. The van der Waals surface area contributed by atoms with E-state index in [4.69, 9.17) is 16.3 Å². The highest BCUT2D eigenvalue weighted by Gasteiger charge is 2.36. The van der Waals surface area contributed by atoms with Gasteiger partial charge in [0.15, 0.2) is 0 Å². The predicted molar refractivity (Wildman–Crippen MR) is 99.4 cm³/mol. The second-order valence-electron chi connectivity index (χ2n) is 6.70. The molecular weight excluding hydrogens is 318 g/mol. The lowest BCUT2D eigenvalue weighted by Gasteiger charge is -2.34. The Morgan fingerprint density at radius 1 is 1.12 bits per heavy atom. The van der Waals surface area contributed by atoms with E-state index in [0.29, 0.717) is 17.1 Å². The van der Waals surface area contributed by atoms with Crippen molar-refractivity contribution in [1.82, 2.24) is 4.90 Å². The third-order valence-corrected chi connectivity index (χ3v) is 5.58. The van der Waals surface area contributed by atoms with Crippen molar-refractivity contribution in [1.29, 1.82) is 0 Å². The minimum atomic E-state index is 0.542. The average molecular weight is 340 g/mol.